The number of hydrogen-bond acceptors (Lipinski definition) is 5. The number of rotatable bonds is 3. The molecule has 1 aliphatic heterocycles. The van der Waals surface area contributed by atoms with Crippen LogP contribution in [0.1, 0.15) is 10.6 Å². The second kappa shape index (κ2) is 5.94. The van der Waals surface area contributed by atoms with Crippen molar-refractivity contribution >= 4 is 39.4 Å². The molecule has 4 rings (SSSR count). The summed E-state index contributed by atoms with van der Waals surface area (Å²) < 4.78 is 11.6. The summed E-state index contributed by atoms with van der Waals surface area (Å²) in [5.74, 6) is 0.915. The van der Waals surface area contributed by atoms with Crippen LogP contribution in [-0.4, -0.2) is 18.1 Å². The van der Waals surface area contributed by atoms with Gasteiger partial charge >= 0.3 is 5.97 Å². The highest BCUT2D eigenvalue weighted by atomic mass is 32.1. The zero-order valence-electron chi connectivity index (χ0n) is 12.9. The molecule has 24 heavy (non-hydrogen) atoms. The first kappa shape index (κ1) is 14.7. The van der Waals surface area contributed by atoms with Gasteiger partial charge in [-0.05, 0) is 42.0 Å². The Bertz CT molecular complexity index is 950. The van der Waals surface area contributed by atoms with Crippen molar-refractivity contribution < 1.29 is 14.3 Å². The van der Waals surface area contributed by atoms with Gasteiger partial charge in [-0.15, -0.1) is 11.3 Å². The molecule has 1 aromatic heterocycles. The summed E-state index contributed by atoms with van der Waals surface area (Å²) in [6.45, 7) is 0. The van der Waals surface area contributed by atoms with Gasteiger partial charge in [-0.1, -0.05) is 24.3 Å². The standard InChI is InChI=1S/C19H13NO3S/c1-22-14-8-6-12(7-9-14)10-13-11-16(23-19(13)21)18-20-15-4-2-3-5-17(15)24-18/h2-11H,1H3/b13-10+. The minimum Gasteiger partial charge on any atom is -0.497 e. The molecule has 0 fully saturated rings. The molecule has 0 saturated heterocycles. The van der Waals surface area contributed by atoms with Crippen molar-refractivity contribution in [3.05, 3.63) is 70.8 Å². The Balaban J connectivity index is 1.67. The fourth-order valence-corrected chi connectivity index (χ4v) is 3.37. The number of para-hydroxylation sites is 1. The molecule has 4 nitrogen and oxygen atoms in total. The summed E-state index contributed by atoms with van der Waals surface area (Å²) in [5, 5.41) is 0.711. The van der Waals surface area contributed by atoms with Crippen LogP contribution in [0.3, 0.4) is 0 Å². The van der Waals surface area contributed by atoms with Gasteiger partial charge in [0, 0.05) is 0 Å². The van der Waals surface area contributed by atoms with Crippen molar-refractivity contribution in [3.63, 3.8) is 0 Å². The van der Waals surface area contributed by atoms with E-state index in [0.717, 1.165) is 21.5 Å². The summed E-state index contributed by atoms with van der Waals surface area (Å²) in [7, 11) is 1.62. The normalized spacial score (nSPS) is 15.6. The Hall–Kier alpha value is -2.92. The first-order chi connectivity index (χ1) is 11.7. The van der Waals surface area contributed by atoms with E-state index in [1.165, 1.54) is 11.3 Å². The van der Waals surface area contributed by atoms with Crippen LogP contribution in [-0.2, 0) is 9.53 Å². The number of hydrogen-bond donors (Lipinski definition) is 0. The van der Waals surface area contributed by atoms with Crippen molar-refractivity contribution in [2.24, 2.45) is 0 Å². The van der Waals surface area contributed by atoms with Gasteiger partial charge in [0.2, 0.25) is 0 Å². The van der Waals surface area contributed by atoms with Crippen LogP contribution in [0.4, 0.5) is 0 Å². The van der Waals surface area contributed by atoms with E-state index in [0.29, 0.717) is 16.3 Å². The molecule has 3 aromatic rings. The van der Waals surface area contributed by atoms with E-state index in [9.17, 15) is 4.79 Å². The highest BCUT2D eigenvalue weighted by Gasteiger charge is 2.24. The quantitative estimate of drug-likeness (QED) is 0.529. The Morgan fingerprint density at radius 3 is 2.67 bits per heavy atom. The van der Waals surface area contributed by atoms with Gasteiger partial charge < -0.3 is 9.47 Å². The smallest absolute Gasteiger partial charge is 0.343 e. The molecule has 0 bridgehead atoms. The summed E-state index contributed by atoms with van der Waals surface area (Å²) >= 11 is 1.51. The zero-order valence-corrected chi connectivity index (χ0v) is 13.7. The first-order valence-electron chi connectivity index (χ1n) is 7.38. The van der Waals surface area contributed by atoms with Crippen molar-refractivity contribution in [3.8, 4) is 5.75 Å². The first-order valence-corrected chi connectivity index (χ1v) is 8.20. The SMILES string of the molecule is COc1ccc(/C=C2\C=C(c3nc4ccccc4s3)OC2=O)cc1. The molecule has 5 heteroatoms. The number of carbonyl (C=O) groups is 1. The minimum absolute atomic E-state index is 0.361. The molecular formula is C19H13NO3S. The monoisotopic (exact) mass is 335 g/mol. The van der Waals surface area contributed by atoms with E-state index in [1.807, 2.05) is 48.5 Å². The van der Waals surface area contributed by atoms with Crippen LogP contribution in [0, 0.1) is 0 Å². The van der Waals surface area contributed by atoms with Crippen molar-refractivity contribution in [1.29, 1.82) is 0 Å². The second-order valence-electron chi connectivity index (χ2n) is 5.26. The fourth-order valence-electron chi connectivity index (χ4n) is 2.45. The van der Waals surface area contributed by atoms with Crippen LogP contribution in [0.15, 0.2) is 60.2 Å². The lowest BCUT2D eigenvalue weighted by Crippen LogP contribution is -1.97. The molecule has 0 radical (unpaired) electrons. The Morgan fingerprint density at radius 2 is 1.92 bits per heavy atom. The Labute approximate surface area is 142 Å². The van der Waals surface area contributed by atoms with Crippen molar-refractivity contribution in [2.45, 2.75) is 0 Å². The van der Waals surface area contributed by atoms with Crippen LogP contribution < -0.4 is 4.74 Å². The molecular weight excluding hydrogens is 322 g/mol. The van der Waals surface area contributed by atoms with Gasteiger partial charge in [-0.2, -0.15) is 0 Å². The summed E-state index contributed by atoms with van der Waals surface area (Å²) in [6, 6.07) is 15.3. The van der Waals surface area contributed by atoms with Gasteiger partial charge in [0.05, 0.1) is 22.9 Å². The lowest BCUT2D eigenvalue weighted by atomic mass is 10.1. The van der Waals surface area contributed by atoms with Crippen LogP contribution in [0.2, 0.25) is 0 Å². The van der Waals surface area contributed by atoms with Gasteiger partial charge in [-0.3, -0.25) is 0 Å². The zero-order chi connectivity index (χ0) is 16.5. The van der Waals surface area contributed by atoms with Gasteiger partial charge in [0.15, 0.2) is 10.8 Å². The average molecular weight is 335 g/mol. The number of carbonyl (C=O) groups excluding carboxylic acids is 1. The lowest BCUT2D eigenvalue weighted by Gasteiger charge is -1.99. The Kier molecular flexibility index (Phi) is 3.63. The maximum Gasteiger partial charge on any atom is 0.343 e. The van der Waals surface area contributed by atoms with E-state index >= 15 is 0 Å². The number of aromatic nitrogens is 1. The van der Waals surface area contributed by atoms with E-state index in [1.54, 1.807) is 19.3 Å². The van der Waals surface area contributed by atoms with Gasteiger partial charge in [0.25, 0.3) is 0 Å². The summed E-state index contributed by atoms with van der Waals surface area (Å²) in [6.07, 6.45) is 3.53. The predicted molar refractivity (Wildman–Crippen MR) is 94.7 cm³/mol. The lowest BCUT2D eigenvalue weighted by molar-refractivity contribution is -0.130. The molecule has 0 unspecified atom stereocenters. The highest BCUT2D eigenvalue weighted by Crippen LogP contribution is 2.32. The van der Waals surface area contributed by atoms with Crippen molar-refractivity contribution in [1.82, 2.24) is 4.98 Å². The topological polar surface area (TPSA) is 48.4 Å². The second-order valence-corrected chi connectivity index (χ2v) is 6.29. The predicted octanol–water partition coefficient (Wildman–Crippen LogP) is 4.29. The molecule has 2 heterocycles. The number of ether oxygens (including phenoxy) is 2. The molecule has 118 valence electrons. The number of nitrogens with zero attached hydrogens (tertiary/aromatic N) is 1. The third-order valence-corrected chi connectivity index (χ3v) is 4.72. The number of benzene rings is 2. The molecule has 0 amide bonds. The van der Waals surface area contributed by atoms with E-state index in [4.69, 9.17) is 9.47 Å². The van der Waals surface area contributed by atoms with E-state index in [2.05, 4.69) is 4.98 Å². The molecule has 1 aliphatic rings. The fraction of sp³-hybridized carbons (Fsp3) is 0.0526. The molecule has 0 N–H and O–H groups in total. The third kappa shape index (κ3) is 2.70. The minimum atomic E-state index is -0.361. The van der Waals surface area contributed by atoms with Gasteiger partial charge in [-0.25, -0.2) is 9.78 Å². The highest BCUT2D eigenvalue weighted by molar-refractivity contribution is 7.19. The maximum absolute atomic E-state index is 12.1. The average Bonchev–Trinajstić information content (AvgIpc) is 3.19. The largest absolute Gasteiger partial charge is 0.497 e. The third-order valence-electron chi connectivity index (χ3n) is 3.67. The van der Waals surface area contributed by atoms with Crippen LogP contribution in [0.5, 0.6) is 5.75 Å². The Morgan fingerprint density at radius 1 is 1.12 bits per heavy atom. The van der Waals surface area contributed by atoms with Crippen molar-refractivity contribution in [2.75, 3.05) is 7.11 Å². The van der Waals surface area contributed by atoms with E-state index in [-0.39, 0.29) is 5.97 Å². The van der Waals surface area contributed by atoms with E-state index < -0.39 is 0 Å². The molecule has 0 saturated carbocycles. The maximum atomic E-state index is 12.1. The molecule has 2 aromatic carbocycles. The van der Waals surface area contributed by atoms with Crippen LogP contribution in [0.25, 0.3) is 22.1 Å². The molecule has 0 aliphatic carbocycles. The molecule has 0 spiro atoms. The summed E-state index contributed by atoms with van der Waals surface area (Å²) in [5.41, 5.74) is 2.32. The number of esters is 1. The van der Waals surface area contributed by atoms with Crippen LogP contribution >= 0.6 is 11.3 Å². The number of thiazole rings is 1. The number of cyclic esters (lactones) is 1. The summed E-state index contributed by atoms with van der Waals surface area (Å²) in [4.78, 5) is 16.6. The number of methoxy groups -OCH3 is 1. The molecule has 0 atom stereocenters. The van der Waals surface area contributed by atoms with Gasteiger partial charge in [0.1, 0.15) is 5.75 Å². The number of fused-ring (bicyclic) bond motifs is 1.